The maximum Gasteiger partial charge on any atom is 0.306 e. The first-order chi connectivity index (χ1) is 10.0. The summed E-state index contributed by atoms with van der Waals surface area (Å²) in [6.45, 7) is 2.14. The van der Waals surface area contributed by atoms with Gasteiger partial charge in [0.25, 0.3) is 0 Å². The lowest BCUT2D eigenvalue weighted by Gasteiger charge is -2.31. The van der Waals surface area contributed by atoms with E-state index in [-0.39, 0.29) is 18.0 Å². The molecule has 0 bridgehead atoms. The molecule has 21 heavy (non-hydrogen) atoms. The van der Waals surface area contributed by atoms with Crippen molar-refractivity contribution in [3.05, 3.63) is 0 Å². The van der Waals surface area contributed by atoms with Crippen LogP contribution in [0.5, 0.6) is 0 Å². The number of ether oxygens (including phenoxy) is 1. The highest BCUT2D eigenvalue weighted by Gasteiger charge is 2.25. The predicted molar refractivity (Wildman–Crippen MR) is 80.8 cm³/mol. The van der Waals surface area contributed by atoms with Crippen molar-refractivity contribution in [2.75, 3.05) is 33.7 Å². The van der Waals surface area contributed by atoms with Crippen LogP contribution in [0.3, 0.4) is 0 Å². The number of hydrogen-bond donors (Lipinski definition) is 0. The number of hydrogen-bond acceptors (Lipinski definition) is 4. The zero-order chi connectivity index (χ0) is 15.2. The summed E-state index contributed by atoms with van der Waals surface area (Å²) >= 11 is 0. The molecule has 2 aliphatic rings. The summed E-state index contributed by atoms with van der Waals surface area (Å²) in [6, 6.07) is 0. The quantitative estimate of drug-likeness (QED) is 0.724. The largest absolute Gasteiger partial charge is 0.462 e. The van der Waals surface area contributed by atoms with E-state index in [0.717, 1.165) is 25.9 Å². The lowest BCUT2D eigenvalue weighted by molar-refractivity contribution is -0.152. The highest BCUT2D eigenvalue weighted by Crippen LogP contribution is 2.28. The van der Waals surface area contributed by atoms with Gasteiger partial charge in [-0.1, -0.05) is 12.8 Å². The van der Waals surface area contributed by atoms with Gasteiger partial charge in [0.15, 0.2) is 0 Å². The maximum absolute atomic E-state index is 11.9. The summed E-state index contributed by atoms with van der Waals surface area (Å²) in [6.07, 6.45) is 7.21. The van der Waals surface area contributed by atoms with Gasteiger partial charge in [-0.25, -0.2) is 0 Å². The topological polar surface area (TPSA) is 49.9 Å². The molecule has 1 saturated carbocycles. The molecule has 1 amide bonds. The van der Waals surface area contributed by atoms with Crippen molar-refractivity contribution in [3.63, 3.8) is 0 Å². The van der Waals surface area contributed by atoms with Gasteiger partial charge in [0.05, 0.1) is 6.54 Å². The molecule has 0 aromatic heterocycles. The fourth-order valence-electron chi connectivity index (χ4n) is 3.20. The molecule has 0 spiro atoms. The van der Waals surface area contributed by atoms with Gasteiger partial charge < -0.3 is 9.64 Å². The minimum absolute atomic E-state index is 0.0234. The van der Waals surface area contributed by atoms with Gasteiger partial charge in [0, 0.05) is 33.6 Å². The van der Waals surface area contributed by atoms with Crippen molar-refractivity contribution in [2.45, 2.75) is 51.0 Å². The number of carbonyl (C=O) groups is 2. The van der Waals surface area contributed by atoms with E-state index in [9.17, 15) is 9.59 Å². The summed E-state index contributed by atoms with van der Waals surface area (Å²) in [7, 11) is 3.56. The molecule has 2 fully saturated rings. The van der Waals surface area contributed by atoms with Gasteiger partial charge in [-0.2, -0.15) is 0 Å². The number of carbonyl (C=O) groups excluding carboxylic acids is 2. The van der Waals surface area contributed by atoms with Crippen LogP contribution in [-0.2, 0) is 14.3 Å². The Morgan fingerprint density at radius 3 is 2.29 bits per heavy atom. The fraction of sp³-hybridized carbons (Fsp3) is 0.875. The van der Waals surface area contributed by atoms with Crippen LogP contribution in [0.4, 0.5) is 0 Å². The van der Waals surface area contributed by atoms with E-state index >= 15 is 0 Å². The van der Waals surface area contributed by atoms with Crippen molar-refractivity contribution in [2.24, 2.45) is 5.92 Å². The van der Waals surface area contributed by atoms with E-state index in [1.54, 1.807) is 19.0 Å². The number of rotatable bonds is 5. The van der Waals surface area contributed by atoms with Gasteiger partial charge in [-0.05, 0) is 31.6 Å². The SMILES string of the molecule is CN(C)C(=O)CN1CCC(OC(=O)CC2CCCC2)CC1. The van der Waals surface area contributed by atoms with Crippen molar-refractivity contribution >= 4 is 11.9 Å². The van der Waals surface area contributed by atoms with Crippen molar-refractivity contribution in [1.82, 2.24) is 9.80 Å². The molecule has 0 aromatic rings. The molecule has 2 rings (SSSR count). The Balaban J connectivity index is 1.64. The van der Waals surface area contributed by atoms with Crippen LogP contribution in [0, 0.1) is 5.92 Å². The van der Waals surface area contributed by atoms with Crippen LogP contribution < -0.4 is 0 Å². The molecule has 0 radical (unpaired) electrons. The van der Waals surface area contributed by atoms with E-state index in [4.69, 9.17) is 4.74 Å². The van der Waals surface area contributed by atoms with Crippen LogP contribution in [0.25, 0.3) is 0 Å². The van der Waals surface area contributed by atoms with Crippen LogP contribution in [0.15, 0.2) is 0 Å². The molecule has 1 saturated heterocycles. The van der Waals surface area contributed by atoms with Crippen molar-refractivity contribution < 1.29 is 14.3 Å². The molecule has 1 heterocycles. The van der Waals surface area contributed by atoms with E-state index in [0.29, 0.717) is 18.9 Å². The summed E-state index contributed by atoms with van der Waals surface area (Å²) in [5.41, 5.74) is 0. The summed E-state index contributed by atoms with van der Waals surface area (Å²) < 4.78 is 5.59. The van der Waals surface area contributed by atoms with Gasteiger partial charge in [0.1, 0.15) is 6.10 Å². The average Bonchev–Trinajstić information content (AvgIpc) is 2.93. The van der Waals surface area contributed by atoms with E-state index in [1.807, 2.05) is 0 Å². The molecule has 0 unspecified atom stereocenters. The maximum atomic E-state index is 11.9. The first kappa shape index (κ1) is 16.3. The Hall–Kier alpha value is -1.10. The van der Waals surface area contributed by atoms with Crippen molar-refractivity contribution in [3.8, 4) is 0 Å². The smallest absolute Gasteiger partial charge is 0.306 e. The summed E-state index contributed by atoms with van der Waals surface area (Å²) in [5.74, 6) is 0.659. The summed E-state index contributed by atoms with van der Waals surface area (Å²) in [4.78, 5) is 27.3. The standard InChI is InChI=1S/C16H28N2O3/c1-17(2)15(19)12-18-9-7-14(8-10-18)21-16(20)11-13-5-3-4-6-13/h13-14H,3-12H2,1-2H3. The second-order valence-electron chi connectivity index (χ2n) is 6.61. The zero-order valence-electron chi connectivity index (χ0n) is 13.3. The third-order valence-corrected chi connectivity index (χ3v) is 4.62. The van der Waals surface area contributed by atoms with Crippen LogP contribution in [0.2, 0.25) is 0 Å². The first-order valence-electron chi connectivity index (χ1n) is 8.16. The van der Waals surface area contributed by atoms with E-state index < -0.39 is 0 Å². The third-order valence-electron chi connectivity index (χ3n) is 4.62. The third kappa shape index (κ3) is 5.30. The Morgan fingerprint density at radius 1 is 1.10 bits per heavy atom. The highest BCUT2D eigenvalue weighted by atomic mass is 16.5. The summed E-state index contributed by atoms with van der Waals surface area (Å²) in [5, 5.41) is 0. The minimum Gasteiger partial charge on any atom is -0.462 e. The Kier molecular flexibility index (Phi) is 6.03. The van der Waals surface area contributed by atoms with Crippen LogP contribution >= 0.6 is 0 Å². The molecular weight excluding hydrogens is 268 g/mol. The normalized spacial score (nSPS) is 21.4. The minimum atomic E-state index is -0.0234. The molecule has 0 atom stereocenters. The molecular formula is C16H28N2O3. The highest BCUT2D eigenvalue weighted by molar-refractivity contribution is 5.77. The fourth-order valence-corrected chi connectivity index (χ4v) is 3.20. The van der Waals surface area contributed by atoms with Crippen LogP contribution in [0.1, 0.15) is 44.9 Å². The van der Waals surface area contributed by atoms with Crippen LogP contribution in [-0.4, -0.2) is 61.5 Å². The van der Waals surface area contributed by atoms with Gasteiger partial charge >= 0.3 is 5.97 Å². The Labute approximate surface area is 127 Å². The number of piperidine rings is 1. The Morgan fingerprint density at radius 2 is 1.71 bits per heavy atom. The lowest BCUT2D eigenvalue weighted by Crippen LogP contribution is -2.43. The Bertz CT molecular complexity index is 357. The van der Waals surface area contributed by atoms with E-state index in [1.165, 1.54) is 25.7 Å². The van der Waals surface area contributed by atoms with Gasteiger partial charge in [-0.15, -0.1) is 0 Å². The second kappa shape index (κ2) is 7.78. The molecule has 5 nitrogen and oxygen atoms in total. The molecule has 5 heteroatoms. The number of likely N-dealkylation sites (N-methyl/N-ethyl adjacent to an activating group) is 1. The number of nitrogens with zero attached hydrogens (tertiary/aromatic N) is 2. The second-order valence-corrected chi connectivity index (χ2v) is 6.61. The lowest BCUT2D eigenvalue weighted by atomic mass is 10.0. The zero-order valence-corrected chi connectivity index (χ0v) is 13.3. The molecule has 0 aromatic carbocycles. The predicted octanol–water partition coefficient (Wildman–Crippen LogP) is 1.66. The molecule has 1 aliphatic heterocycles. The molecule has 120 valence electrons. The number of likely N-dealkylation sites (tertiary alicyclic amines) is 1. The molecule has 0 N–H and O–H groups in total. The van der Waals surface area contributed by atoms with Gasteiger partial charge in [-0.3, -0.25) is 14.5 Å². The first-order valence-corrected chi connectivity index (χ1v) is 8.16. The van der Waals surface area contributed by atoms with E-state index in [2.05, 4.69) is 4.90 Å². The number of amides is 1. The monoisotopic (exact) mass is 296 g/mol. The number of esters is 1. The van der Waals surface area contributed by atoms with Gasteiger partial charge in [0.2, 0.25) is 5.91 Å². The van der Waals surface area contributed by atoms with Crippen molar-refractivity contribution in [1.29, 1.82) is 0 Å². The molecule has 1 aliphatic carbocycles. The average molecular weight is 296 g/mol.